The van der Waals surface area contributed by atoms with E-state index < -0.39 is 0 Å². The molecule has 0 radical (unpaired) electrons. The lowest BCUT2D eigenvalue weighted by molar-refractivity contribution is 0.0667. The molecular formula is C16H20N4O2S. The van der Waals surface area contributed by atoms with E-state index >= 15 is 0 Å². The summed E-state index contributed by atoms with van der Waals surface area (Å²) in [6.07, 6.45) is 4.56. The molecule has 1 amide bonds. The Balaban J connectivity index is 1.60. The first-order valence-electron chi connectivity index (χ1n) is 7.96. The van der Waals surface area contributed by atoms with Gasteiger partial charge in [0.05, 0.1) is 30.7 Å². The van der Waals surface area contributed by atoms with Crippen molar-refractivity contribution in [1.82, 2.24) is 19.4 Å². The van der Waals surface area contributed by atoms with Gasteiger partial charge in [0.15, 0.2) is 0 Å². The Morgan fingerprint density at radius 1 is 1.43 bits per heavy atom. The lowest BCUT2D eigenvalue weighted by Crippen LogP contribution is -2.40. The topological polar surface area (TPSA) is 60.2 Å². The monoisotopic (exact) mass is 332 g/mol. The second-order valence-electron chi connectivity index (χ2n) is 6.38. The summed E-state index contributed by atoms with van der Waals surface area (Å²) < 4.78 is 7.69. The highest BCUT2D eigenvalue weighted by Crippen LogP contribution is 2.34. The van der Waals surface area contributed by atoms with Gasteiger partial charge < -0.3 is 14.2 Å². The Labute approximate surface area is 139 Å². The molecule has 2 aromatic rings. The molecule has 122 valence electrons. The van der Waals surface area contributed by atoms with Gasteiger partial charge in [0, 0.05) is 37.2 Å². The van der Waals surface area contributed by atoms with Crippen molar-refractivity contribution in [3.63, 3.8) is 0 Å². The molecule has 0 bridgehead atoms. The molecule has 0 aromatic carbocycles. The van der Waals surface area contributed by atoms with Gasteiger partial charge in [-0.2, -0.15) is 0 Å². The molecule has 2 aliphatic rings. The van der Waals surface area contributed by atoms with Crippen molar-refractivity contribution in [3.05, 3.63) is 34.3 Å². The number of aromatic nitrogens is 3. The summed E-state index contributed by atoms with van der Waals surface area (Å²) in [5, 5.41) is 1.80. The number of ether oxygens (including phenoxy) is 1. The number of imidazole rings is 1. The zero-order valence-corrected chi connectivity index (χ0v) is 14.0. The van der Waals surface area contributed by atoms with E-state index in [0.29, 0.717) is 25.4 Å². The Morgan fingerprint density at radius 2 is 2.30 bits per heavy atom. The van der Waals surface area contributed by atoms with Gasteiger partial charge in [-0.3, -0.25) is 4.79 Å². The molecule has 7 heteroatoms. The van der Waals surface area contributed by atoms with Gasteiger partial charge in [-0.1, -0.05) is 0 Å². The number of carbonyl (C=O) groups excluding carboxylic acids is 1. The first-order chi connectivity index (χ1) is 11.3. The Morgan fingerprint density at radius 3 is 3.00 bits per heavy atom. The van der Waals surface area contributed by atoms with Gasteiger partial charge in [-0.05, 0) is 18.8 Å². The molecule has 1 aliphatic carbocycles. The van der Waals surface area contributed by atoms with Gasteiger partial charge in [0.2, 0.25) is 0 Å². The summed E-state index contributed by atoms with van der Waals surface area (Å²) in [5.41, 5.74) is 4.47. The number of nitrogens with zero attached hydrogens (tertiary/aromatic N) is 4. The first-order valence-corrected chi connectivity index (χ1v) is 8.91. The molecular weight excluding hydrogens is 312 g/mol. The Kier molecular flexibility index (Phi) is 3.90. The summed E-state index contributed by atoms with van der Waals surface area (Å²) in [4.78, 5) is 23.2. The van der Waals surface area contributed by atoms with Crippen molar-refractivity contribution in [3.8, 4) is 0 Å². The summed E-state index contributed by atoms with van der Waals surface area (Å²) >= 11 is 1.44. The van der Waals surface area contributed by atoms with E-state index in [1.807, 2.05) is 11.2 Å². The van der Waals surface area contributed by atoms with E-state index in [2.05, 4.69) is 14.5 Å². The van der Waals surface area contributed by atoms with Crippen LogP contribution in [0.25, 0.3) is 0 Å². The van der Waals surface area contributed by atoms with Crippen LogP contribution in [0.4, 0.5) is 0 Å². The smallest absolute Gasteiger partial charge is 0.273 e. The third kappa shape index (κ3) is 2.90. The molecule has 0 saturated heterocycles. The second-order valence-corrected chi connectivity index (χ2v) is 7.10. The Hall–Kier alpha value is -1.73. The maximum atomic E-state index is 12.6. The van der Waals surface area contributed by atoms with E-state index in [1.165, 1.54) is 29.9 Å². The molecule has 1 fully saturated rings. The van der Waals surface area contributed by atoms with E-state index in [0.717, 1.165) is 18.2 Å². The molecule has 0 N–H and O–H groups in total. The molecule has 23 heavy (non-hydrogen) atoms. The summed E-state index contributed by atoms with van der Waals surface area (Å²) in [7, 11) is 1.71. The molecule has 4 rings (SSSR count). The average molecular weight is 332 g/mol. The molecule has 6 nitrogen and oxygen atoms in total. The number of methoxy groups -OCH3 is 1. The fourth-order valence-corrected chi connectivity index (χ4v) is 3.84. The highest BCUT2D eigenvalue weighted by atomic mass is 32.1. The number of thiazole rings is 1. The standard InChI is InChI=1S/C16H20N4O2S/c1-22-7-12-5-19(16(21)14-8-23-10-18-14)6-13-15(12)20(9-17-13)4-11-2-3-11/h8-12H,2-7H2,1H3/t12-/m0/s1. The second kappa shape index (κ2) is 6.05. The van der Waals surface area contributed by atoms with Crippen molar-refractivity contribution in [2.45, 2.75) is 31.8 Å². The van der Waals surface area contributed by atoms with Crippen LogP contribution >= 0.6 is 11.3 Å². The van der Waals surface area contributed by atoms with Crippen LogP contribution in [-0.2, 0) is 17.8 Å². The summed E-state index contributed by atoms with van der Waals surface area (Å²) in [5.74, 6) is 0.952. The molecule has 0 unspecified atom stereocenters. The van der Waals surface area contributed by atoms with Gasteiger partial charge >= 0.3 is 0 Å². The molecule has 1 saturated carbocycles. The lowest BCUT2D eigenvalue weighted by atomic mass is 9.98. The fraction of sp³-hybridized carbons (Fsp3) is 0.562. The number of hydrogen-bond acceptors (Lipinski definition) is 5. The van der Waals surface area contributed by atoms with Gasteiger partial charge in [-0.15, -0.1) is 11.3 Å². The number of rotatable bonds is 5. The van der Waals surface area contributed by atoms with Crippen LogP contribution in [0.1, 0.15) is 40.6 Å². The van der Waals surface area contributed by atoms with Crippen LogP contribution < -0.4 is 0 Å². The van der Waals surface area contributed by atoms with E-state index in [1.54, 1.807) is 18.0 Å². The van der Waals surface area contributed by atoms with Crippen LogP contribution in [0.15, 0.2) is 17.2 Å². The molecule has 2 aromatic heterocycles. The predicted octanol–water partition coefficient (Wildman–Crippen LogP) is 2.14. The van der Waals surface area contributed by atoms with Crippen molar-refractivity contribution >= 4 is 17.2 Å². The molecule has 1 aliphatic heterocycles. The summed E-state index contributed by atoms with van der Waals surface area (Å²) in [6, 6.07) is 0. The van der Waals surface area contributed by atoms with Crippen molar-refractivity contribution in [2.24, 2.45) is 5.92 Å². The minimum Gasteiger partial charge on any atom is -0.384 e. The minimum absolute atomic E-state index is 0.0188. The first kappa shape index (κ1) is 14.8. The normalized spacial score (nSPS) is 20.6. The number of fused-ring (bicyclic) bond motifs is 1. The highest BCUT2D eigenvalue weighted by Gasteiger charge is 2.34. The molecule has 0 spiro atoms. The predicted molar refractivity (Wildman–Crippen MR) is 86.4 cm³/mol. The zero-order valence-electron chi connectivity index (χ0n) is 13.1. The van der Waals surface area contributed by atoms with Crippen LogP contribution in [-0.4, -0.2) is 45.6 Å². The van der Waals surface area contributed by atoms with Crippen LogP contribution in [0.5, 0.6) is 0 Å². The van der Waals surface area contributed by atoms with Crippen molar-refractivity contribution in [1.29, 1.82) is 0 Å². The third-order valence-corrected chi connectivity index (χ3v) is 5.17. The van der Waals surface area contributed by atoms with Crippen LogP contribution in [0, 0.1) is 5.92 Å². The zero-order chi connectivity index (χ0) is 15.8. The SMILES string of the molecule is COC[C@@H]1CN(C(=O)c2cscn2)Cc2ncn(CC3CC3)c21. The summed E-state index contributed by atoms with van der Waals surface area (Å²) in [6.45, 7) is 2.86. The van der Waals surface area contributed by atoms with Gasteiger partial charge in [-0.25, -0.2) is 9.97 Å². The maximum absolute atomic E-state index is 12.6. The minimum atomic E-state index is -0.0188. The number of carbonyl (C=O) groups is 1. The van der Waals surface area contributed by atoms with E-state index in [9.17, 15) is 4.79 Å². The fourth-order valence-electron chi connectivity index (χ4n) is 3.32. The molecule has 3 heterocycles. The van der Waals surface area contributed by atoms with E-state index in [4.69, 9.17) is 4.74 Å². The quantitative estimate of drug-likeness (QED) is 0.842. The maximum Gasteiger partial charge on any atom is 0.273 e. The van der Waals surface area contributed by atoms with E-state index in [-0.39, 0.29) is 11.8 Å². The van der Waals surface area contributed by atoms with Crippen molar-refractivity contribution in [2.75, 3.05) is 20.3 Å². The van der Waals surface area contributed by atoms with Crippen LogP contribution in [0.3, 0.4) is 0 Å². The molecule has 1 atom stereocenters. The lowest BCUT2D eigenvalue weighted by Gasteiger charge is -2.32. The largest absolute Gasteiger partial charge is 0.384 e. The number of hydrogen-bond donors (Lipinski definition) is 0. The van der Waals surface area contributed by atoms with Gasteiger partial charge in [0.25, 0.3) is 5.91 Å². The Bertz CT molecular complexity index is 693. The highest BCUT2D eigenvalue weighted by molar-refractivity contribution is 7.07. The van der Waals surface area contributed by atoms with Crippen LogP contribution in [0.2, 0.25) is 0 Å². The number of amides is 1. The van der Waals surface area contributed by atoms with Gasteiger partial charge in [0.1, 0.15) is 5.69 Å². The average Bonchev–Trinajstić information content (AvgIpc) is 3.04. The van der Waals surface area contributed by atoms with Crippen molar-refractivity contribution < 1.29 is 9.53 Å². The third-order valence-electron chi connectivity index (χ3n) is 4.58.